The van der Waals surface area contributed by atoms with Crippen LogP contribution in [0.5, 0.6) is 0 Å². The molecule has 0 atom stereocenters. The van der Waals surface area contributed by atoms with Gasteiger partial charge in [0.25, 0.3) is 0 Å². The van der Waals surface area contributed by atoms with Gasteiger partial charge >= 0.3 is 0 Å². The van der Waals surface area contributed by atoms with Crippen molar-refractivity contribution in [2.75, 3.05) is 4.90 Å². The van der Waals surface area contributed by atoms with E-state index >= 15 is 0 Å². The zero-order valence-electron chi connectivity index (χ0n) is 10.5. The molecule has 1 heterocycles. The average molecular weight is 312 g/mol. The first-order chi connectivity index (χ1) is 9.29. The molecular weight excluding hydrogens is 297 g/mol. The van der Waals surface area contributed by atoms with E-state index in [-0.39, 0.29) is 0 Å². The summed E-state index contributed by atoms with van der Waals surface area (Å²) in [5.74, 6) is 0.504. The number of thiophene rings is 1. The Hall–Kier alpha value is -0.700. The number of benzene rings is 1. The Morgan fingerprint density at radius 3 is 2.68 bits per heavy atom. The molecule has 0 N–H and O–H groups in total. The lowest BCUT2D eigenvalue weighted by atomic mass is 10.1. The van der Waals surface area contributed by atoms with Crippen LogP contribution in [0.4, 0.5) is 5.69 Å². The lowest BCUT2D eigenvalue weighted by Crippen LogP contribution is -2.26. The monoisotopic (exact) mass is 311 g/mol. The topological polar surface area (TPSA) is 3.24 Å². The van der Waals surface area contributed by atoms with E-state index in [0.29, 0.717) is 11.9 Å². The molecule has 0 unspecified atom stereocenters. The molecule has 1 aromatic heterocycles. The molecule has 1 nitrogen and oxygen atoms in total. The molecule has 100 valence electrons. The Kier molecular flexibility index (Phi) is 4.01. The van der Waals surface area contributed by atoms with Crippen LogP contribution in [0.3, 0.4) is 0 Å². The van der Waals surface area contributed by atoms with E-state index in [0.717, 1.165) is 22.8 Å². The summed E-state index contributed by atoms with van der Waals surface area (Å²) in [6.45, 7) is 0.927. The van der Waals surface area contributed by atoms with Gasteiger partial charge in [0, 0.05) is 16.8 Å². The molecule has 1 saturated carbocycles. The third-order valence-electron chi connectivity index (χ3n) is 3.40. The highest BCUT2D eigenvalue weighted by Crippen LogP contribution is 2.39. The predicted octanol–water partition coefficient (Wildman–Crippen LogP) is 5.31. The number of hydrogen-bond acceptors (Lipinski definition) is 2. The zero-order valence-corrected chi connectivity index (χ0v) is 12.8. The number of halogens is 2. The summed E-state index contributed by atoms with van der Waals surface area (Å²) in [6.07, 6.45) is 2.50. The van der Waals surface area contributed by atoms with Crippen LogP contribution in [0.1, 0.15) is 23.3 Å². The second-order valence-corrected chi connectivity index (χ2v) is 6.53. The molecule has 1 fully saturated rings. The first-order valence-corrected chi connectivity index (χ1v) is 8.21. The van der Waals surface area contributed by atoms with Crippen LogP contribution in [-0.2, 0) is 12.4 Å². The van der Waals surface area contributed by atoms with Crippen molar-refractivity contribution in [2.24, 2.45) is 0 Å². The van der Waals surface area contributed by atoms with E-state index in [1.807, 2.05) is 12.1 Å². The van der Waals surface area contributed by atoms with Gasteiger partial charge in [0.05, 0.1) is 17.3 Å². The molecule has 4 heteroatoms. The predicted molar refractivity (Wildman–Crippen MR) is 84.5 cm³/mol. The molecule has 1 aromatic carbocycles. The van der Waals surface area contributed by atoms with Crippen molar-refractivity contribution in [1.29, 1.82) is 0 Å². The lowest BCUT2D eigenvalue weighted by molar-refractivity contribution is 0.799. The van der Waals surface area contributed by atoms with Crippen molar-refractivity contribution in [3.8, 4) is 0 Å². The Labute approximate surface area is 127 Å². The highest BCUT2D eigenvalue weighted by molar-refractivity contribution is 7.09. The highest BCUT2D eigenvalue weighted by Gasteiger charge is 2.31. The molecule has 3 rings (SSSR count). The van der Waals surface area contributed by atoms with E-state index in [1.54, 1.807) is 11.3 Å². The number of hydrogen-bond donors (Lipinski definition) is 0. The molecular formula is C15H15Cl2NS. The molecule has 2 aromatic rings. The minimum Gasteiger partial charge on any atom is -0.362 e. The van der Waals surface area contributed by atoms with Crippen molar-refractivity contribution in [3.05, 3.63) is 51.2 Å². The van der Waals surface area contributed by atoms with Gasteiger partial charge in [-0.3, -0.25) is 0 Å². The van der Waals surface area contributed by atoms with E-state index in [1.165, 1.54) is 17.7 Å². The lowest BCUT2D eigenvalue weighted by Gasteiger charge is -2.27. The molecule has 0 bridgehead atoms. The first-order valence-electron chi connectivity index (χ1n) is 6.42. The quantitative estimate of drug-likeness (QED) is 0.676. The molecule has 0 spiro atoms. The summed E-state index contributed by atoms with van der Waals surface area (Å²) in [7, 11) is 0. The minimum absolute atomic E-state index is 0.504. The molecule has 19 heavy (non-hydrogen) atoms. The van der Waals surface area contributed by atoms with Gasteiger partial charge in [-0.1, -0.05) is 29.8 Å². The molecule has 0 radical (unpaired) electrons. The van der Waals surface area contributed by atoms with Crippen LogP contribution in [0, 0.1) is 0 Å². The summed E-state index contributed by atoms with van der Waals surface area (Å²) in [5.41, 5.74) is 2.24. The molecule has 1 aliphatic rings. The van der Waals surface area contributed by atoms with Crippen LogP contribution in [0.2, 0.25) is 5.02 Å². The van der Waals surface area contributed by atoms with Crippen LogP contribution in [-0.4, -0.2) is 6.04 Å². The van der Waals surface area contributed by atoms with Crippen LogP contribution in [0.15, 0.2) is 35.7 Å². The van der Waals surface area contributed by atoms with Gasteiger partial charge in [0.15, 0.2) is 0 Å². The van der Waals surface area contributed by atoms with Gasteiger partial charge in [-0.05, 0) is 35.9 Å². The summed E-state index contributed by atoms with van der Waals surface area (Å²) < 4.78 is 0. The van der Waals surface area contributed by atoms with Gasteiger partial charge in [-0.15, -0.1) is 22.9 Å². The van der Waals surface area contributed by atoms with E-state index in [2.05, 4.69) is 28.5 Å². The maximum atomic E-state index is 6.42. The smallest absolute Gasteiger partial charge is 0.0643 e. The summed E-state index contributed by atoms with van der Waals surface area (Å²) in [4.78, 5) is 3.79. The van der Waals surface area contributed by atoms with Crippen molar-refractivity contribution >= 4 is 40.2 Å². The molecule has 0 amide bonds. The fourth-order valence-electron chi connectivity index (χ4n) is 2.34. The Morgan fingerprint density at radius 2 is 2.05 bits per heavy atom. The van der Waals surface area contributed by atoms with Gasteiger partial charge in [0.2, 0.25) is 0 Å². The molecule has 0 aliphatic heterocycles. The first kappa shape index (κ1) is 13.3. The zero-order chi connectivity index (χ0) is 13.2. The Bertz CT molecular complexity index is 549. The summed E-state index contributed by atoms with van der Waals surface area (Å²) in [5, 5.41) is 2.93. The van der Waals surface area contributed by atoms with Gasteiger partial charge < -0.3 is 4.90 Å². The van der Waals surface area contributed by atoms with Crippen LogP contribution in [0.25, 0.3) is 0 Å². The Balaban J connectivity index is 1.96. The minimum atomic E-state index is 0.504. The third kappa shape index (κ3) is 2.91. The second kappa shape index (κ2) is 5.74. The maximum Gasteiger partial charge on any atom is 0.0643 e. The number of para-hydroxylation sites is 1. The SMILES string of the molecule is ClCc1cccc(Cl)c1N(Cc1cccs1)C1CC1. The van der Waals surface area contributed by atoms with Gasteiger partial charge in [0.1, 0.15) is 0 Å². The van der Waals surface area contributed by atoms with E-state index in [9.17, 15) is 0 Å². The number of rotatable bonds is 5. The Morgan fingerprint density at radius 1 is 1.21 bits per heavy atom. The molecule has 1 aliphatic carbocycles. The van der Waals surface area contributed by atoms with Crippen LogP contribution >= 0.6 is 34.5 Å². The highest BCUT2D eigenvalue weighted by atomic mass is 35.5. The van der Waals surface area contributed by atoms with E-state index in [4.69, 9.17) is 23.2 Å². The van der Waals surface area contributed by atoms with Gasteiger partial charge in [-0.2, -0.15) is 0 Å². The maximum absolute atomic E-state index is 6.42. The van der Waals surface area contributed by atoms with E-state index < -0.39 is 0 Å². The second-order valence-electron chi connectivity index (χ2n) is 4.82. The number of alkyl halides is 1. The fourth-order valence-corrected chi connectivity index (χ4v) is 3.56. The summed E-state index contributed by atoms with van der Waals surface area (Å²) >= 11 is 14.3. The fraction of sp³-hybridized carbons (Fsp3) is 0.333. The molecule has 0 saturated heterocycles. The summed E-state index contributed by atoms with van der Waals surface area (Å²) in [6, 6.07) is 10.9. The van der Waals surface area contributed by atoms with Crippen LogP contribution < -0.4 is 4.90 Å². The normalized spacial score (nSPS) is 14.6. The third-order valence-corrected chi connectivity index (χ3v) is 4.85. The van der Waals surface area contributed by atoms with Gasteiger partial charge in [-0.25, -0.2) is 0 Å². The number of anilines is 1. The van der Waals surface area contributed by atoms with Crippen molar-refractivity contribution in [3.63, 3.8) is 0 Å². The average Bonchev–Trinajstić information content (AvgIpc) is 3.14. The standard InChI is InChI=1S/C15H15Cl2NS/c16-9-11-3-1-5-14(17)15(11)18(12-6-7-12)10-13-4-2-8-19-13/h1-5,8,12H,6-7,9-10H2. The van der Waals surface area contributed by atoms with Crippen molar-refractivity contribution in [2.45, 2.75) is 31.3 Å². The largest absolute Gasteiger partial charge is 0.362 e. The van der Waals surface area contributed by atoms with Crippen molar-refractivity contribution in [1.82, 2.24) is 0 Å². The number of nitrogens with zero attached hydrogens (tertiary/aromatic N) is 1. The van der Waals surface area contributed by atoms with Crippen molar-refractivity contribution < 1.29 is 0 Å².